The number of anilines is 2. The molecule has 0 spiro atoms. The van der Waals surface area contributed by atoms with Gasteiger partial charge in [-0.25, -0.2) is 9.97 Å². The SMILES string of the molecule is CC(C)CN(C)c1nc(N)c(C(=O)NCc2cccnc2)nc1Cl. The van der Waals surface area contributed by atoms with E-state index < -0.39 is 5.91 Å². The Bertz CT molecular complexity index is 707. The third kappa shape index (κ3) is 4.55. The molecule has 0 bridgehead atoms. The number of nitrogens with two attached hydrogens (primary N) is 1. The van der Waals surface area contributed by atoms with Crippen LogP contribution in [0, 0.1) is 5.92 Å². The number of pyridine rings is 1. The Hall–Kier alpha value is -2.41. The Balaban J connectivity index is 2.13. The average Bonchev–Trinajstić information content (AvgIpc) is 2.54. The summed E-state index contributed by atoms with van der Waals surface area (Å²) in [6.45, 7) is 5.24. The summed E-state index contributed by atoms with van der Waals surface area (Å²) < 4.78 is 0. The largest absolute Gasteiger partial charge is 0.382 e. The summed E-state index contributed by atoms with van der Waals surface area (Å²) in [6, 6.07) is 3.66. The highest BCUT2D eigenvalue weighted by Gasteiger charge is 2.19. The zero-order valence-electron chi connectivity index (χ0n) is 14.0. The molecule has 0 radical (unpaired) electrons. The van der Waals surface area contributed by atoms with Gasteiger partial charge in [-0.15, -0.1) is 0 Å². The van der Waals surface area contributed by atoms with Gasteiger partial charge in [-0.3, -0.25) is 9.78 Å². The van der Waals surface area contributed by atoms with Crippen LogP contribution in [0.3, 0.4) is 0 Å². The Kier molecular flexibility index (Phi) is 5.92. The van der Waals surface area contributed by atoms with Crippen LogP contribution in [0.4, 0.5) is 11.6 Å². The molecule has 0 atom stereocenters. The van der Waals surface area contributed by atoms with Gasteiger partial charge >= 0.3 is 0 Å². The van der Waals surface area contributed by atoms with Crippen LogP contribution in [0.1, 0.15) is 29.9 Å². The van der Waals surface area contributed by atoms with Crippen LogP contribution in [-0.4, -0.2) is 34.5 Å². The summed E-state index contributed by atoms with van der Waals surface area (Å²) in [7, 11) is 1.86. The van der Waals surface area contributed by atoms with Crippen LogP contribution < -0.4 is 16.0 Å². The van der Waals surface area contributed by atoms with Gasteiger partial charge in [0.2, 0.25) is 0 Å². The molecule has 0 aliphatic carbocycles. The van der Waals surface area contributed by atoms with Crippen molar-refractivity contribution in [1.82, 2.24) is 20.3 Å². The van der Waals surface area contributed by atoms with Gasteiger partial charge in [0.1, 0.15) is 0 Å². The minimum atomic E-state index is -0.427. The van der Waals surface area contributed by atoms with Crippen molar-refractivity contribution < 1.29 is 4.79 Å². The van der Waals surface area contributed by atoms with Crippen molar-refractivity contribution in [3.8, 4) is 0 Å². The van der Waals surface area contributed by atoms with Gasteiger partial charge in [-0.1, -0.05) is 31.5 Å². The van der Waals surface area contributed by atoms with E-state index >= 15 is 0 Å². The minimum Gasteiger partial charge on any atom is -0.382 e. The minimum absolute atomic E-state index is 0.0191. The summed E-state index contributed by atoms with van der Waals surface area (Å²) in [5, 5.41) is 2.88. The second kappa shape index (κ2) is 7.92. The van der Waals surface area contributed by atoms with Crippen molar-refractivity contribution in [3.05, 3.63) is 40.9 Å². The number of carbonyl (C=O) groups is 1. The van der Waals surface area contributed by atoms with Gasteiger partial charge in [-0.05, 0) is 17.5 Å². The van der Waals surface area contributed by atoms with Gasteiger partial charge in [-0.2, -0.15) is 0 Å². The molecule has 128 valence electrons. The number of halogens is 1. The van der Waals surface area contributed by atoms with Crippen molar-refractivity contribution in [1.29, 1.82) is 0 Å². The van der Waals surface area contributed by atoms with Crippen LogP contribution in [0.2, 0.25) is 5.15 Å². The third-order valence-electron chi connectivity index (χ3n) is 3.25. The number of hydrogen-bond donors (Lipinski definition) is 2. The summed E-state index contributed by atoms with van der Waals surface area (Å²) in [6.07, 6.45) is 3.34. The van der Waals surface area contributed by atoms with Crippen molar-refractivity contribution in [2.45, 2.75) is 20.4 Å². The standard InChI is InChI=1S/C16H21ClN6O/c1-10(2)9-23(3)15-13(17)21-12(14(18)22-15)16(24)20-8-11-5-4-6-19-7-11/h4-7,10H,8-9H2,1-3H3,(H2,18,22)(H,20,24). The van der Waals surface area contributed by atoms with E-state index in [0.29, 0.717) is 18.3 Å². The first kappa shape index (κ1) is 17.9. The molecular formula is C16H21ClN6O. The number of nitrogens with one attached hydrogen (secondary N) is 1. The summed E-state index contributed by atoms with van der Waals surface area (Å²) >= 11 is 6.18. The maximum Gasteiger partial charge on any atom is 0.274 e. The van der Waals surface area contributed by atoms with Crippen molar-refractivity contribution in [3.63, 3.8) is 0 Å². The number of carbonyl (C=O) groups excluding carboxylic acids is 1. The molecule has 0 unspecified atom stereocenters. The van der Waals surface area contributed by atoms with Gasteiger partial charge < -0.3 is 16.0 Å². The molecule has 7 nitrogen and oxygen atoms in total. The van der Waals surface area contributed by atoms with E-state index in [-0.39, 0.29) is 16.7 Å². The second-order valence-corrected chi connectivity index (χ2v) is 6.25. The fraction of sp³-hybridized carbons (Fsp3) is 0.375. The number of nitrogens with zero attached hydrogens (tertiary/aromatic N) is 4. The van der Waals surface area contributed by atoms with E-state index in [0.717, 1.165) is 12.1 Å². The molecule has 2 heterocycles. The first-order chi connectivity index (χ1) is 11.4. The lowest BCUT2D eigenvalue weighted by molar-refractivity contribution is 0.0946. The maximum absolute atomic E-state index is 12.3. The predicted molar refractivity (Wildman–Crippen MR) is 95.0 cm³/mol. The smallest absolute Gasteiger partial charge is 0.274 e. The zero-order chi connectivity index (χ0) is 17.7. The Morgan fingerprint density at radius 2 is 2.17 bits per heavy atom. The van der Waals surface area contributed by atoms with Gasteiger partial charge in [0, 0.05) is 32.5 Å². The van der Waals surface area contributed by atoms with Crippen LogP contribution >= 0.6 is 11.6 Å². The normalized spacial score (nSPS) is 10.7. The first-order valence-corrected chi connectivity index (χ1v) is 7.97. The lowest BCUT2D eigenvalue weighted by Gasteiger charge is -2.21. The van der Waals surface area contributed by atoms with E-state index in [1.165, 1.54) is 0 Å². The number of amides is 1. The second-order valence-electron chi connectivity index (χ2n) is 5.89. The first-order valence-electron chi connectivity index (χ1n) is 7.59. The van der Waals surface area contributed by atoms with Crippen molar-refractivity contribution in [2.24, 2.45) is 5.92 Å². The van der Waals surface area contributed by atoms with Crippen molar-refractivity contribution >= 4 is 29.1 Å². The Labute approximate surface area is 146 Å². The highest BCUT2D eigenvalue weighted by Crippen LogP contribution is 2.24. The summed E-state index contributed by atoms with van der Waals surface area (Å²) in [5.74, 6) is 0.515. The molecule has 2 aromatic heterocycles. The number of aromatic nitrogens is 3. The molecule has 0 fully saturated rings. The van der Waals surface area contributed by atoms with E-state index in [9.17, 15) is 4.79 Å². The fourth-order valence-corrected chi connectivity index (χ4v) is 2.50. The molecule has 0 aromatic carbocycles. The molecule has 2 rings (SSSR count). The Morgan fingerprint density at radius 1 is 1.42 bits per heavy atom. The van der Waals surface area contributed by atoms with Gasteiger partial charge in [0.05, 0.1) is 0 Å². The van der Waals surface area contributed by atoms with Crippen LogP contribution in [0.25, 0.3) is 0 Å². The predicted octanol–water partition coefficient (Wildman–Crippen LogP) is 2.13. The number of hydrogen-bond acceptors (Lipinski definition) is 6. The lowest BCUT2D eigenvalue weighted by atomic mass is 10.2. The lowest BCUT2D eigenvalue weighted by Crippen LogP contribution is -2.28. The summed E-state index contributed by atoms with van der Waals surface area (Å²) in [5.41, 5.74) is 6.79. The van der Waals surface area contributed by atoms with E-state index in [4.69, 9.17) is 17.3 Å². The molecule has 1 amide bonds. The van der Waals surface area contributed by atoms with E-state index in [1.807, 2.05) is 18.0 Å². The fourth-order valence-electron chi connectivity index (χ4n) is 2.23. The van der Waals surface area contributed by atoms with Crippen LogP contribution in [0.15, 0.2) is 24.5 Å². The zero-order valence-corrected chi connectivity index (χ0v) is 14.7. The van der Waals surface area contributed by atoms with Gasteiger partial charge in [0.15, 0.2) is 22.5 Å². The van der Waals surface area contributed by atoms with Crippen LogP contribution in [-0.2, 0) is 6.54 Å². The third-order valence-corrected chi connectivity index (χ3v) is 3.51. The van der Waals surface area contributed by atoms with E-state index in [2.05, 4.69) is 34.1 Å². The molecule has 0 aliphatic rings. The Morgan fingerprint density at radius 3 is 2.79 bits per heavy atom. The monoisotopic (exact) mass is 348 g/mol. The molecule has 3 N–H and O–H groups in total. The quantitative estimate of drug-likeness (QED) is 0.830. The molecule has 0 aliphatic heterocycles. The van der Waals surface area contributed by atoms with Gasteiger partial charge in [0.25, 0.3) is 5.91 Å². The topological polar surface area (TPSA) is 97.0 Å². The molecule has 0 saturated heterocycles. The molecule has 2 aromatic rings. The van der Waals surface area contributed by atoms with Crippen LogP contribution in [0.5, 0.6) is 0 Å². The van der Waals surface area contributed by atoms with E-state index in [1.54, 1.807) is 18.5 Å². The maximum atomic E-state index is 12.3. The molecule has 24 heavy (non-hydrogen) atoms. The summed E-state index contributed by atoms with van der Waals surface area (Å²) in [4.78, 5) is 26.5. The molecular weight excluding hydrogens is 328 g/mol. The molecule has 8 heteroatoms. The number of rotatable bonds is 6. The number of nitrogen functional groups attached to an aromatic ring is 1. The molecule has 0 saturated carbocycles. The highest BCUT2D eigenvalue weighted by atomic mass is 35.5. The highest BCUT2D eigenvalue weighted by molar-refractivity contribution is 6.32. The van der Waals surface area contributed by atoms with Crippen molar-refractivity contribution in [2.75, 3.05) is 24.2 Å². The average molecular weight is 349 g/mol.